The van der Waals surface area contributed by atoms with E-state index in [1.165, 1.54) is 5.56 Å². The van der Waals surface area contributed by atoms with Crippen molar-refractivity contribution < 1.29 is 14.3 Å². The molecule has 1 atom stereocenters. The molecule has 1 aromatic rings. The first-order chi connectivity index (χ1) is 9.56. The quantitative estimate of drug-likeness (QED) is 0.789. The molecule has 5 nitrogen and oxygen atoms in total. The Labute approximate surface area is 119 Å². The van der Waals surface area contributed by atoms with Crippen molar-refractivity contribution in [3.05, 3.63) is 29.8 Å². The third-order valence-electron chi connectivity index (χ3n) is 2.82. The summed E-state index contributed by atoms with van der Waals surface area (Å²) in [6, 6.07) is 7.03. The smallest absolute Gasteiger partial charge is 0.258 e. The van der Waals surface area contributed by atoms with Gasteiger partial charge in [-0.3, -0.25) is 9.59 Å². The van der Waals surface area contributed by atoms with Crippen LogP contribution < -0.4 is 15.4 Å². The van der Waals surface area contributed by atoms with E-state index in [9.17, 15) is 9.59 Å². The van der Waals surface area contributed by atoms with E-state index >= 15 is 0 Å². The molecular formula is C15H22N2O3. The maximum atomic E-state index is 11.6. The van der Waals surface area contributed by atoms with E-state index in [1.807, 2.05) is 31.2 Å². The van der Waals surface area contributed by atoms with Gasteiger partial charge in [-0.15, -0.1) is 0 Å². The van der Waals surface area contributed by atoms with Gasteiger partial charge in [-0.1, -0.05) is 19.1 Å². The minimum Gasteiger partial charge on any atom is -0.484 e. The molecule has 0 fully saturated rings. The van der Waals surface area contributed by atoms with Crippen LogP contribution in [-0.4, -0.2) is 31.0 Å². The number of carbonyl (C=O) groups is 2. The monoisotopic (exact) mass is 278 g/mol. The van der Waals surface area contributed by atoms with Crippen LogP contribution in [0.25, 0.3) is 0 Å². The van der Waals surface area contributed by atoms with Crippen molar-refractivity contribution in [3.63, 3.8) is 0 Å². The third-order valence-corrected chi connectivity index (χ3v) is 2.82. The molecule has 0 aromatic heterocycles. The van der Waals surface area contributed by atoms with Crippen LogP contribution in [0.2, 0.25) is 0 Å². The fourth-order valence-electron chi connectivity index (χ4n) is 1.65. The number of hydrogen-bond donors (Lipinski definition) is 2. The summed E-state index contributed by atoms with van der Waals surface area (Å²) < 4.78 is 5.36. The normalized spacial score (nSPS) is 11.6. The van der Waals surface area contributed by atoms with E-state index in [0.29, 0.717) is 12.3 Å². The standard InChI is InChI=1S/C15H22N2O3/c1-4-12-6-8-13(9-7-12)20-10-14(18)17-11(3)15(19)16-5-2/h6-9,11H,4-5,10H2,1-3H3,(H,16,19)(H,17,18). The number of rotatable bonds is 7. The fraction of sp³-hybridized carbons (Fsp3) is 0.467. The van der Waals surface area contributed by atoms with Crippen LogP contribution >= 0.6 is 0 Å². The van der Waals surface area contributed by atoms with Gasteiger partial charge in [0.1, 0.15) is 11.8 Å². The molecule has 2 N–H and O–H groups in total. The van der Waals surface area contributed by atoms with E-state index in [1.54, 1.807) is 6.92 Å². The zero-order chi connectivity index (χ0) is 15.0. The summed E-state index contributed by atoms with van der Waals surface area (Å²) in [7, 11) is 0. The topological polar surface area (TPSA) is 67.4 Å². The Morgan fingerprint density at radius 1 is 1.20 bits per heavy atom. The van der Waals surface area contributed by atoms with Crippen molar-refractivity contribution in [2.75, 3.05) is 13.2 Å². The van der Waals surface area contributed by atoms with Crippen LogP contribution in [0.1, 0.15) is 26.3 Å². The lowest BCUT2D eigenvalue weighted by molar-refractivity contribution is -0.129. The average molecular weight is 278 g/mol. The van der Waals surface area contributed by atoms with Crippen molar-refractivity contribution in [3.8, 4) is 5.75 Å². The van der Waals surface area contributed by atoms with Crippen LogP contribution in [0.5, 0.6) is 5.75 Å². The SMILES string of the molecule is CCNC(=O)C(C)NC(=O)COc1ccc(CC)cc1. The first kappa shape index (κ1) is 16.0. The maximum Gasteiger partial charge on any atom is 0.258 e. The lowest BCUT2D eigenvalue weighted by Gasteiger charge is -2.13. The molecule has 0 aliphatic carbocycles. The number of aryl methyl sites for hydroxylation is 1. The van der Waals surface area contributed by atoms with E-state index in [4.69, 9.17) is 4.74 Å². The minimum atomic E-state index is -0.562. The number of amides is 2. The Kier molecular flexibility index (Phi) is 6.56. The van der Waals surface area contributed by atoms with Crippen LogP contribution in [-0.2, 0) is 16.0 Å². The van der Waals surface area contributed by atoms with Gasteiger partial charge in [-0.2, -0.15) is 0 Å². The fourth-order valence-corrected chi connectivity index (χ4v) is 1.65. The van der Waals surface area contributed by atoms with Crippen molar-refractivity contribution >= 4 is 11.8 Å². The molecule has 0 aliphatic rings. The van der Waals surface area contributed by atoms with Crippen LogP contribution in [0.4, 0.5) is 0 Å². The largest absolute Gasteiger partial charge is 0.484 e. The molecule has 1 unspecified atom stereocenters. The second-order valence-corrected chi connectivity index (χ2v) is 4.47. The Balaban J connectivity index is 2.37. The summed E-state index contributed by atoms with van der Waals surface area (Å²) in [5.74, 6) is 0.125. The van der Waals surface area contributed by atoms with Gasteiger partial charge in [0.2, 0.25) is 5.91 Å². The zero-order valence-electron chi connectivity index (χ0n) is 12.2. The van der Waals surface area contributed by atoms with Gasteiger partial charge < -0.3 is 15.4 Å². The highest BCUT2D eigenvalue weighted by Gasteiger charge is 2.14. The number of likely N-dealkylation sites (N-methyl/N-ethyl adjacent to an activating group) is 1. The number of nitrogens with one attached hydrogen (secondary N) is 2. The highest BCUT2D eigenvalue weighted by atomic mass is 16.5. The van der Waals surface area contributed by atoms with Crippen molar-refractivity contribution in [1.29, 1.82) is 0 Å². The van der Waals surface area contributed by atoms with Gasteiger partial charge >= 0.3 is 0 Å². The van der Waals surface area contributed by atoms with Gasteiger partial charge in [0, 0.05) is 6.54 Å². The molecule has 0 spiro atoms. The van der Waals surface area contributed by atoms with Crippen molar-refractivity contribution in [2.45, 2.75) is 33.2 Å². The van der Waals surface area contributed by atoms with Crippen LogP contribution in [0, 0.1) is 0 Å². The molecule has 0 saturated heterocycles. The molecule has 2 amide bonds. The summed E-state index contributed by atoms with van der Waals surface area (Å²) in [5.41, 5.74) is 1.21. The molecule has 0 aliphatic heterocycles. The highest BCUT2D eigenvalue weighted by Crippen LogP contribution is 2.12. The minimum absolute atomic E-state index is 0.102. The average Bonchev–Trinajstić information content (AvgIpc) is 2.45. The number of hydrogen-bond acceptors (Lipinski definition) is 3. The second-order valence-electron chi connectivity index (χ2n) is 4.47. The van der Waals surface area contributed by atoms with E-state index in [-0.39, 0.29) is 18.4 Å². The van der Waals surface area contributed by atoms with Crippen LogP contribution in [0.3, 0.4) is 0 Å². The van der Waals surface area contributed by atoms with E-state index in [0.717, 1.165) is 6.42 Å². The van der Waals surface area contributed by atoms with E-state index < -0.39 is 6.04 Å². The Hall–Kier alpha value is -2.04. The lowest BCUT2D eigenvalue weighted by Crippen LogP contribution is -2.46. The summed E-state index contributed by atoms with van der Waals surface area (Å²) in [6.45, 7) is 5.98. The van der Waals surface area contributed by atoms with Gasteiger partial charge in [0.15, 0.2) is 6.61 Å². The third kappa shape index (κ3) is 5.30. The summed E-state index contributed by atoms with van der Waals surface area (Å²) in [4.78, 5) is 23.1. The van der Waals surface area contributed by atoms with Crippen molar-refractivity contribution in [1.82, 2.24) is 10.6 Å². The first-order valence-corrected chi connectivity index (χ1v) is 6.85. The molecule has 5 heteroatoms. The molecule has 0 saturated carbocycles. The molecule has 1 aromatic carbocycles. The van der Waals surface area contributed by atoms with Gasteiger partial charge in [0.25, 0.3) is 5.91 Å². The number of ether oxygens (including phenoxy) is 1. The van der Waals surface area contributed by atoms with Crippen LogP contribution in [0.15, 0.2) is 24.3 Å². The molecule has 0 bridgehead atoms. The Morgan fingerprint density at radius 2 is 1.85 bits per heavy atom. The summed E-state index contributed by atoms with van der Waals surface area (Å²) >= 11 is 0. The number of benzene rings is 1. The van der Waals surface area contributed by atoms with Gasteiger partial charge in [-0.05, 0) is 38.0 Å². The second kappa shape index (κ2) is 8.19. The first-order valence-electron chi connectivity index (χ1n) is 6.85. The summed E-state index contributed by atoms with van der Waals surface area (Å²) in [5, 5.41) is 5.22. The molecule has 110 valence electrons. The van der Waals surface area contributed by atoms with Gasteiger partial charge in [-0.25, -0.2) is 0 Å². The molecule has 0 heterocycles. The number of carbonyl (C=O) groups excluding carboxylic acids is 2. The molecule has 1 rings (SSSR count). The zero-order valence-corrected chi connectivity index (χ0v) is 12.2. The van der Waals surface area contributed by atoms with Crippen molar-refractivity contribution in [2.24, 2.45) is 0 Å². The predicted molar refractivity (Wildman–Crippen MR) is 77.6 cm³/mol. The lowest BCUT2D eigenvalue weighted by atomic mass is 10.2. The molecule has 0 radical (unpaired) electrons. The summed E-state index contributed by atoms with van der Waals surface area (Å²) in [6.07, 6.45) is 0.963. The molecule has 20 heavy (non-hydrogen) atoms. The van der Waals surface area contributed by atoms with Gasteiger partial charge in [0.05, 0.1) is 0 Å². The van der Waals surface area contributed by atoms with E-state index in [2.05, 4.69) is 17.6 Å². The Morgan fingerprint density at radius 3 is 2.40 bits per heavy atom. The molecular weight excluding hydrogens is 256 g/mol. The highest BCUT2D eigenvalue weighted by molar-refractivity contribution is 5.87. The predicted octanol–water partition coefficient (Wildman–Crippen LogP) is 1.27. The Bertz CT molecular complexity index is 443. The maximum absolute atomic E-state index is 11.6.